The van der Waals surface area contributed by atoms with Gasteiger partial charge in [0.2, 0.25) is 0 Å². The number of non-ortho nitro benzene ring substituents is 1. The number of hydrogen-bond donors (Lipinski definition) is 0. The minimum absolute atomic E-state index is 0.106. The molecule has 0 bridgehead atoms. The number of carbonyl (C=O) groups is 1. The van der Waals surface area contributed by atoms with Crippen LogP contribution in [0.3, 0.4) is 0 Å². The van der Waals surface area contributed by atoms with Crippen molar-refractivity contribution < 1.29 is 18.7 Å². The largest absolute Gasteiger partial charge is 0.462 e. The molecule has 7 heteroatoms. The fraction of sp³-hybridized carbons (Fsp3) is 0.133. The molecule has 0 aromatic heterocycles. The van der Waals surface area contributed by atoms with Crippen LogP contribution in [0.25, 0.3) is 11.1 Å². The van der Waals surface area contributed by atoms with Gasteiger partial charge in [0.1, 0.15) is 0 Å². The van der Waals surface area contributed by atoms with Crippen molar-refractivity contribution in [3.63, 3.8) is 0 Å². The molecule has 6 nitrogen and oxygen atoms in total. The van der Waals surface area contributed by atoms with Crippen LogP contribution in [0.15, 0.2) is 46.2 Å². The van der Waals surface area contributed by atoms with E-state index in [0.717, 1.165) is 5.56 Å². The highest BCUT2D eigenvalue weighted by Crippen LogP contribution is 2.42. The molecule has 0 amide bonds. The van der Waals surface area contributed by atoms with E-state index < -0.39 is 21.7 Å². The number of fused-ring (bicyclic) bond motifs is 3. The smallest absolute Gasteiger partial charge is 0.338 e. The summed E-state index contributed by atoms with van der Waals surface area (Å²) in [4.78, 5) is 22.9. The number of hydrogen-bond acceptors (Lipinski definition) is 5. The number of nitrogens with zero attached hydrogens (tertiary/aromatic N) is 1. The Morgan fingerprint density at radius 2 is 1.82 bits per heavy atom. The van der Waals surface area contributed by atoms with Gasteiger partial charge in [-0.1, -0.05) is 6.07 Å². The van der Waals surface area contributed by atoms with Gasteiger partial charge in [0.25, 0.3) is 5.69 Å². The van der Waals surface area contributed by atoms with Crippen LogP contribution in [0, 0.1) is 10.1 Å². The van der Waals surface area contributed by atoms with Crippen LogP contribution in [-0.4, -0.2) is 21.7 Å². The van der Waals surface area contributed by atoms with Gasteiger partial charge in [-0.25, -0.2) is 9.00 Å². The standard InChI is InChI=1S/C15H11NO5S/c1-2-21-15(17)9-3-5-11-12-6-4-10(16(18)19)8-14(12)22(20)13(11)7-9/h3-8H,2H2,1H3. The number of carbonyl (C=O) groups excluding carboxylic acids is 1. The highest BCUT2D eigenvalue weighted by atomic mass is 32.2. The van der Waals surface area contributed by atoms with Crippen molar-refractivity contribution in [2.75, 3.05) is 6.61 Å². The molecule has 1 heterocycles. The third kappa shape index (κ3) is 2.19. The molecule has 2 aromatic carbocycles. The van der Waals surface area contributed by atoms with E-state index in [0.29, 0.717) is 20.9 Å². The molecule has 0 spiro atoms. The van der Waals surface area contributed by atoms with Gasteiger partial charge in [0.15, 0.2) is 0 Å². The average molecular weight is 317 g/mol. The predicted molar refractivity (Wildman–Crippen MR) is 79.2 cm³/mol. The van der Waals surface area contributed by atoms with Crippen LogP contribution in [-0.2, 0) is 15.5 Å². The fourth-order valence-electron chi connectivity index (χ4n) is 2.36. The van der Waals surface area contributed by atoms with E-state index >= 15 is 0 Å². The molecule has 0 saturated heterocycles. The second kappa shape index (κ2) is 5.34. The van der Waals surface area contributed by atoms with Gasteiger partial charge >= 0.3 is 5.97 Å². The van der Waals surface area contributed by atoms with Crippen LogP contribution in [0.2, 0.25) is 0 Å². The van der Waals surface area contributed by atoms with Crippen LogP contribution >= 0.6 is 0 Å². The van der Waals surface area contributed by atoms with Crippen molar-refractivity contribution in [3.05, 3.63) is 52.1 Å². The van der Waals surface area contributed by atoms with E-state index in [1.165, 1.54) is 18.2 Å². The Labute approximate surface area is 128 Å². The number of esters is 1. The second-order valence-corrected chi connectivity index (χ2v) is 6.05. The molecule has 2 aromatic rings. The van der Waals surface area contributed by atoms with Gasteiger partial charge in [0, 0.05) is 12.1 Å². The van der Waals surface area contributed by atoms with Crippen molar-refractivity contribution in [2.45, 2.75) is 16.7 Å². The maximum Gasteiger partial charge on any atom is 0.338 e. The molecule has 1 aliphatic rings. The van der Waals surface area contributed by atoms with Gasteiger partial charge in [-0.3, -0.25) is 10.1 Å². The molecule has 22 heavy (non-hydrogen) atoms. The Morgan fingerprint density at radius 1 is 1.18 bits per heavy atom. The van der Waals surface area contributed by atoms with Crippen molar-refractivity contribution in [1.29, 1.82) is 0 Å². The number of rotatable bonds is 3. The molecular formula is C15H11NO5S. The van der Waals surface area contributed by atoms with E-state index in [1.54, 1.807) is 25.1 Å². The molecule has 0 N–H and O–H groups in total. The van der Waals surface area contributed by atoms with Crippen LogP contribution in [0.4, 0.5) is 5.69 Å². The first kappa shape index (κ1) is 14.4. The lowest BCUT2D eigenvalue weighted by Gasteiger charge is -2.04. The third-order valence-corrected chi connectivity index (χ3v) is 4.83. The fourth-order valence-corrected chi connectivity index (χ4v) is 3.81. The van der Waals surface area contributed by atoms with Crippen molar-refractivity contribution in [2.24, 2.45) is 0 Å². The van der Waals surface area contributed by atoms with Crippen LogP contribution in [0.5, 0.6) is 0 Å². The molecule has 1 unspecified atom stereocenters. The first-order valence-corrected chi connectivity index (χ1v) is 7.69. The SMILES string of the molecule is CCOC(=O)c1ccc2c(c1)S(=O)c1cc([N+](=O)[O-])ccc1-2. The minimum Gasteiger partial charge on any atom is -0.462 e. The average Bonchev–Trinajstić information content (AvgIpc) is 2.80. The zero-order chi connectivity index (χ0) is 15.9. The van der Waals surface area contributed by atoms with Crippen molar-refractivity contribution in [3.8, 4) is 11.1 Å². The van der Waals surface area contributed by atoms with E-state index in [4.69, 9.17) is 4.74 Å². The molecule has 0 aliphatic carbocycles. The summed E-state index contributed by atoms with van der Waals surface area (Å²) in [5.41, 5.74) is 1.62. The molecule has 0 saturated carbocycles. The number of ether oxygens (including phenoxy) is 1. The maximum absolute atomic E-state index is 12.5. The van der Waals surface area contributed by atoms with Gasteiger partial charge in [-0.05, 0) is 36.2 Å². The zero-order valence-corrected chi connectivity index (χ0v) is 12.4. The summed E-state index contributed by atoms with van der Waals surface area (Å²) in [7, 11) is -1.54. The van der Waals surface area contributed by atoms with Gasteiger partial charge < -0.3 is 4.74 Å². The minimum atomic E-state index is -1.54. The summed E-state index contributed by atoms with van der Waals surface area (Å²) in [6.45, 7) is 1.96. The second-order valence-electron chi connectivity index (χ2n) is 4.64. The molecular weight excluding hydrogens is 306 g/mol. The summed E-state index contributed by atoms with van der Waals surface area (Å²) >= 11 is 0. The lowest BCUT2D eigenvalue weighted by Crippen LogP contribution is -2.05. The zero-order valence-electron chi connectivity index (χ0n) is 11.6. The number of nitro groups is 1. The third-order valence-electron chi connectivity index (χ3n) is 3.36. The normalized spacial score (nSPS) is 15.0. The van der Waals surface area contributed by atoms with Gasteiger partial charge in [-0.2, -0.15) is 0 Å². The Kier molecular flexibility index (Phi) is 3.50. The highest BCUT2D eigenvalue weighted by molar-refractivity contribution is 7.85. The molecule has 1 atom stereocenters. The first-order chi connectivity index (χ1) is 10.5. The molecule has 0 fully saturated rings. The van der Waals surface area contributed by atoms with Crippen LogP contribution in [0.1, 0.15) is 17.3 Å². The first-order valence-electron chi connectivity index (χ1n) is 6.54. The van der Waals surface area contributed by atoms with E-state index in [2.05, 4.69) is 0 Å². The quantitative estimate of drug-likeness (QED) is 0.421. The Morgan fingerprint density at radius 3 is 2.45 bits per heavy atom. The lowest BCUT2D eigenvalue weighted by molar-refractivity contribution is -0.385. The highest BCUT2D eigenvalue weighted by Gasteiger charge is 2.28. The summed E-state index contributed by atoms with van der Waals surface area (Å²) in [6, 6.07) is 9.10. The summed E-state index contributed by atoms with van der Waals surface area (Å²) in [6.07, 6.45) is 0. The Hall–Kier alpha value is -2.54. The maximum atomic E-state index is 12.5. The summed E-state index contributed by atoms with van der Waals surface area (Å²) < 4.78 is 17.5. The molecule has 0 radical (unpaired) electrons. The van der Waals surface area contributed by atoms with E-state index in [9.17, 15) is 19.1 Å². The summed E-state index contributed by atoms with van der Waals surface area (Å²) in [5.74, 6) is -0.482. The Bertz CT molecular complexity index is 831. The van der Waals surface area contributed by atoms with E-state index in [1.807, 2.05) is 0 Å². The predicted octanol–water partition coefficient (Wildman–Crippen LogP) is 2.92. The van der Waals surface area contributed by atoms with Crippen molar-refractivity contribution >= 4 is 22.5 Å². The molecule has 3 rings (SSSR count). The number of nitro benzene ring substituents is 1. The van der Waals surface area contributed by atoms with Gasteiger partial charge in [0.05, 0.1) is 37.7 Å². The topological polar surface area (TPSA) is 86.5 Å². The number of benzene rings is 2. The van der Waals surface area contributed by atoms with Crippen LogP contribution < -0.4 is 0 Å². The van der Waals surface area contributed by atoms with Gasteiger partial charge in [-0.15, -0.1) is 0 Å². The lowest BCUT2D eigenvalue weighted by atomic mass is 10.0. The molecule has 112 valence electrons. The van der Waals surface area contributed by atoms with Crippen molar-refractivity contribution in [1.82, 2.24) is 0 Å². The van der Waals surface area contributed by atoms with E-state index in [-0.39, 0.29) is 12.3 Å². The molecule has 1 aliphatic heterocycles. The Balaban J connectivity index is 2.09. The summed E-state index contributed by atoms with van der Waals surface area (Å²) in [5, 5.41) is 10.8. The monoisotopic (exact) mass is 317 g/mol.